The van der Waals surface area contributed by atoms with E-state index in [2.05, 4.69) is 6.92 Å². The minimum Gasteiger partial charge on any atom is -0.497 e. The highest BCUT2D eigenvalue weighted by Gasteiger charge is 2.48. The van der Waals surface area contributed by atoms with Crippen LogP contribution in [0.4, 0.5) is 0 Å². The Hall–Kier alpha value is -3.30. The topological polar surface area (TPSA) is 115 Å². The third kappa shape index (κ3) is 6.22. The van der Waals surface area contributed by atoms with Crippen molar-refractivity contribution in [2.45, 2.75) is 44.6 Å². The van der Waals surface area contributed by atoms with E-state index in [9.17, 15) is 14.7 Å². The third-order valence-corrected chi connectivity index (χ3v) is 7.52. The number of hydrogen-bond donors (Lipinski definition) is 2. The van der Waals surface area contributed by atoms with Crippen LogP contribution >= 0.6 is 0 Å². The van der Waals surface area contributed by atoms with E-state index in [1.54, 1.807) is 7.11 Å². The number of methoxy groups -OCH3 is 1. The van der Waals surface area contributed by atoms with Gasteiger partial charge in [0.25, 0.3) is 0 Å². The van der Waals surface area contributed by atoms with Gasteiger partial charge >= 0.3 is 5.97 Å². The molecule has 9 heteroatoms. The molecule has 206 valence electrons. The molecule has 0 aliphatic carbocycles. The van der Waals surface area contributed by atoms with Gasteiger partial charge in [-0.2, -0.15) is 0 Å². The number of ether oxygens (including phenoxy) is 3. The largest absolute Gasteiger partial charge is 0.497 e. The van der Waals surface area contributed by atoms with Gasteiger partial charge in [0.15, 0.2) is 11.5 Å². The maximum absolute atomic E-state index is 13.6. The Bertz CT molecular complexity index is 1090. The molecule has 2 aromatic rings. The van der Waals surface area contributed by atoms with Gasteiger partial charge < -0.3 is 30.0 Å². The summed E-state index contributed by atoms with van der Waals surface area (Å²) in [5.74, 6) is 0.00763. The summed E-state index contributed by atoms with van der Waals surface area (Å²) in [5, 5.41) is 10.5. The number of carbonyl (C=O) groups is 2. The Morgan fingerprint density at radius 3 is 2.45 bits per heavy atom. The molecule has 0 spiro atoms. The SMILES string of the molecule is CCCCN(CCCCN)C(=O)CN1C[C@H](c2ccc3c(c2)OCO3)[C@@H](C(=O)O)[C@@H]1c1ccc(OC)cc1. The van der Waals surface area contributed by atoms with Crippen molar-refractivity contribution >= 4 is 11.9 Å². The van der Waals surface area contributed by atoms with Crippen LogP contribution in [0.25, 0.3) is 0 Å². The molecular formula is C29H39N3O6. The lowest BCUT2D eigenvalue weighted by Gasteiger charge is -2.30. The minimum absolute atomic E-state index is 0.0180. The molecule has 1 fully saturated rings. The van der Waals surface area contributed by atoms with Gasteiger partial charge in [0.05, 0.1) is 19.6 Å². The van der Waals surface area contributed by atoms with Crippen molar-refractivity contribution in [1.29, 1.82) is 0 Å². The molecule has 0 radical (unpaired) electrons. The fourth-order valence-electron chi connectivity index (χ4n) is 5.50. The molecule has 1 saturated heterocycles. The van der Waals surface area contributed by atoms with E-state index in [1.807, 2.05) is 52.3 Å². The predicted molar refractivity (Wildman–Crippen MR) is 144 cm³/mol. The Morgan fingerprint density at radius 1 is 1.05 bits per heavy atom. The molecule has 1 amide bonds. The highest BCUT2D eigenvalue weighted by atomic mass is 16.7. The first-order valence-corrected chi connectivity index (χ1v) is 13.4. The fourth-order valence-corrected chi connectivity index (χ4v) is 5.50. The second-order valence-electron chi connectivity index (χ2n) is 9.96. The van der Waals surface area contributed by atoms with Gasteiger partial charge in [-0.25, -0.2) is 0 Å². The lowest BCUT2D eigenvalue weighted by Crippen LogP contribution is -2.42. The van der Waals surface area contributed by atoms with Crippen LogP contribution < -0.4 is 19.9 Å². The number of amides is 1. The van der Waals surface area contributed by atoms with Crippen LogP contribution in [-0.4, -0.2) is 73.4 Å². The number of hydrogen-bond acceptors (Lipinski definition) is 7. The molecule has 3 atom stereocenters. The second-order valence-corrected chi connectivity index (χ2v) is 9.96. The van der Waals surface area contributed by atoms with Gasteiger partial charge in [-0.3, -0.25) is 14.5 Å². The van der Waals surface area contributed by atoms with Gasteiger partial charge in [0.2, 0.25) is 12.7 Å². The predicted octanol–water partition coefficient (Wildman–Crippen LogP) is 3.63. The number of carboxylic acid groups (broad SMARTS) is 1. The normalized spacial score (nSPS) is 20.4. The van der Waals surface area contributed by atoms with E-state index in [1.165, 1.54) is 0 Å². The van der Waals surface area contributed by atoms with Crippen LogP contribution in [0, 0.1) is 5.92 Å². The average molecular weight is 526 g/mol. The first-order valence-electron chi connectivity index (χ1n) is 13.4. The molecule has 2 heterocycles. The van der Waals surface area contributed by atoms with E-state index in [0.717, 1.165) is 36.8 Å². The number of likely N-dealkylation sites (tertiary alicyclic amines) is 1. The molecule has 0 saturated carbocycles. The lowest BCUT2D eigenvalue weighted by atomic mass is 9.82. The Balaban J connectivity index is 1.65. The van der Waals surface area contributed by atoms with Crippen LogP contribution in [0.3, 0.4) is 0 Å². The zero-order valence-electron chi connectivity index (χ0n) is 22.3. The molecule has 2 aromatic carbocycles. The maximum atomic E-state index is 13.6. The monoisotopic (exact) mass is 525 g/mol. The average Bonchev–Trinajstić information content (AvgIpc) is 3.55. The van der Waals surface area contributed by atoms with Crippen molar-refractivity contribution in [3.05, 3.63) is 53.6 Å². The molecular weight excluding hydrogens is 486 g/mol. The number of benzene rings is 2. The van der Waals surface area contributed by atoms with Crippen molar-refractivity contribution in [3.63, 3.8) is 0 Å². The number of nitrogens with two attached hydrogens (primary N) is 1. The summed E-state index contributed by atoms with van der Waals surface area (Å²) in [7, 11) is 1.60. The summed E-state index contributed by atoms with van der Waals surface area (Å²) in [6.07, 6.45) is 3.63. The molecule has 0 aromatic heterocycles. The molecule has 2 aliphatic heterocycles. The quantitative estimate of drug-likeness (QED) is 0.381. The summed E-state index contributed by atoms with van der Waals surface area (Å²) in [5.41, 5.74) is 7.39. The summed E-state index contributed by atoms with van der Waals surface area (Å²) < 4.78 is 16.3. The minimum atomic E-state index is -0.894. The summed E-state index contributed by atoms with van der Waals surface area (Å²) in [6, 6.07) is 12.6. The number of carboxylic acids is 1. The molecule has 0 unspecified atom stereocenters. The van der Waals surface area contributed by atoms with E-state index < -0.39 is 17.9 Å². The first-order chi connectivity index (χ1) is 18.5. The molecule has 4 rings (SSSR count). The molecule has 0 bridgehead atoms. The summed E-state index contributed by atoms with van der Waals surface area (Å²) >= 11 is 0. The number of fused-ring (bicyclic) bond motifs is 1. The number of nitrogens with zero attached hydrogens (tertiary/aromatic N) is 2. The van der Waals surface area contributed by atoms with Crippen molar-refractivity contribution < 1.29 is 28.9 Å². The highest BCUT2D eigenvalue weighted by Crippen LogP contribution is 2.47. The summed E-state index contributed by atoms with van der Waals surface area (Å²) in [6.45, 7) is 4.78. The molecule has 3 N–H and O–H groups in total. The zero-order valence-corrected chi connectivity index (χ0v) is 22.3. The van der Waals surface area contributed by atoms with Crippen LogP contribution in [0.2, 0.25) is 0 Å². The fraction of sp³-hybridized carbons (Fsp3) is 0.517. The zero-order chi connectivity index (χ0) is 27.1. The molecule has 9 nitrogen and oxygen atoms in total. The van der Waals surface area contributed by atoms with Gasteiger partial charge in [-0.1, -0.05) is 31.5 Å². The van der Waals surface area contributed by atoms with E-state index in [0.29, 0.717) is 43.4 Å². The van der Waals surface area contributed by atoms with Crippen LogP contribution in [0.15, 0.2) is 42.5 Å². The molecule has 38 heavy (non-hydrogen) atoms. The maximum Gasteiger partial charge on any atom is 0.309 e. The Morgan fingerprint density at radius 2 is 1.76 bits per heavy atom. The van der Waals surface area contributed by atoms with E-state index in [4.69, 9.17) is 19.9 Å². The van der Waals surface area contributed by atoms with Gasteiger partial charge in [0.1, 0.15) is 5.75 Å². The van der Waals surface area contributed by atoms with Crippen molar-refractivity contribution in [2.75, 3.05) is 46.6 Å². The molecule has 2 aliphatic rings. The van der Waals surface area contributed by atoms with E-state index in [-0.39, 0.29) is 25.2 Å². The van der Waals surface area contributed by atoms with Crippen molar-refractivity contribution in [3.8, 4) is 17.2 Å². The second kappa shape index (κ2) is 13.0. The van der Waals surface area contributed by atoms with Crippen LogP contribution in [0.1, 0.15) is 55.7 Å². The van der Waals surface area contributed by atoms with E-state index >= 15 is 0 Å². The van der Waals surface area contributed by atoms with Crippen LogP contribution in [0.5, 0.6) is 17.2 Å². The van der Waals surface area contributed by atoms with Crippen LogP contribution in [-0.2, 0) is 9.59 Å². The third-order valence-electron chi connectivity index (χ3n) is 7.52. The summed E-state index contributed by atoms with van der Waals surface area (Å²) in [4.78, 5) is 30.3. The number of aliphatic carboxylic acids is 1. The highest BCUT2D eigenvalue weighted by molar-refractivity contribution is 5.79. The Kier molecular flexibility index (Phi) is 9.47. The van der Waals surface area contributed by atoms with Crippen molar-refractivity contribution in [1.82, 2.24) is 9.80 Å². The van der Waals surface area contributed by atoms with Gasteiger partial charge in [-0.15, -0.1) is 0 Å². The Labute approximate surface area is 224 Å². The first kappa shape index (κ1) is 27.7. The standard InChI is InChI=1S/C29H39N3O6/c1-3-4-14-31(15-6-5-13-30)26(33)18-32-17-23(21-9-12-24-25(16-21)38-19-37-24)27(29(34)35)28(32)20-7-10-22(36-2)11-8-20/h7-12,16,23,27-28H,3-6,13-15,17-19,30H2,1-2H3,(H,34,35)/t23-,27-,28+/m1/s1. The smallest absolute Gasteiger partial charge is 0.309 e. The van der Waals surface area contributed by atoms with Crippen molar-refractivity contribution in [2.24, 2.45) is 11.7 Å². The number of rotatable bonds is 13. The van der Waals surface area contributed by atoms with Gasteiger partial charge in [-0.05, 0) is 61.2 Å². The lowest BCUT2D eigenvalue weighted by molar-refractivity contribution is -0.144. The number of unbranched alkanes of at least 4 members (excludes halogenated alkanes) is 2. The van der Waals surface area contributed by atoms with Gasteiger partial charge in [0, 0.05) is 31.6 Å². The number of carbonyl (C=O) groups excluding carboxylic acids is 1.